The van der Waals surface area contributed by atoms with Crippen molar-refractivity contribution in [2.75, 3.05) is 26.4 Å². The molecule has 3 heterocycles. The Morgan fingerprint density at radius 1 is 1.26 bits per heavy atom. The Labute approximate surface area is 202 Å². The van der Waals surface area contributed by atoms with Crippen LogP contribution in [0.1, 0.15) is 32.4 Å². The summed E-state index contributed by atoms with van der Waals surface area (Å²) in [5, 5.41) is 0. The van der Waals surface area contributed by atoms with Crippen molar-refractivity contribution in [2.24, 2.45) is 5.41 Å². The van der Waals surface area contributed by atoms with Crippen LogP contribution in [0.3, 0.4) is 0 Å². The maximum atomic E-state index is 13.6. The number of ether oxygens (including phenoxy) is 4. The highest BCUT2D eigenvalue weighted by Gasteiger charge is 2.42. The van der Waals surface area contributed by atoms with Crippen LogP contribution in [0.4, 0.5) is 4.39 Å². The zero-order chi connectivity index (χ0) is 24.8. The number of carbonyl (C=O) groups is 1. The number of aromatic nitrogens is 4. The van der Waals surface area contributed by atoms with Crippen LogP contribution in [0.15, 0.2) is 49.2 Å². The lowest BCUT2D eigenvalue weighted by atomic mass is 9.92. The largest absolute Gasteiger partial charge is 0.463 e. The first-order valence-corrected chi connectivity index (χ1v) is 11.3. The number of nitrogens with zero attached hydrogens (tertiary/aromatic N) is 3. The minimum Gasteiger partial charge on any atom is -0.463 e. The summed E-state index contributed by atoms with van der Waals surface area (Å²) in [7, 11) is 0. The normalized spacial score (nSPS) is 19.8. The molecule has 184 valence electrons. The maximum absolute atomic E-state index is 13.6. The Morgan fingerprint density at radius 2 is 2.00 bits per heavy atom. The van der Waals surface area contributed by atoms with Gasteiger partial charge < -0.3 is 23.9 Å². The Hall–Kier alpha value is -3.63. The second-order valence-corrected chi connectivity index (χ2v) is 8.33. The second-order valence-electron chi connectivity index (χ2n) is 8.33. The molecule has 0 amide bonds. The number of H-pyrrole nitrogens is 1. The zero-order valence-corrected chi connectivity index (χ0v) is 19.6. The van der Waals surface area contributed by atoms with E-state index in [9.17, 15) is 9.18 Å². The van der Waals surface area contributed by atoms with Crippen molar-refractivity contribution in [3.8, 4) is 28.7 Å². The van der Waals surface area contributed by atoms with E-state index >= 15 is 0 Å². The van der Waals surface area contributed by atoms with E-state index in [1.54, 1.807) is 31.3 Å². The number of imidazole rings is 1. The highest BCUT2D eigenvalue weighted by atomic mass is 19.1. The first-order chi connectivity index (χ1) is 16.9. The van der Waals surface area contributed by atoms with E-state index in [0.717, 1.165) is 6.42 Å². The minimum absolute atomic E-state index is 0.0814. The van der Waals surface area contributed by atoms with Gasteiger partial charge in [0.25, 0.3) is 0 Å². The van der Waals surface area contributed by atoms with Crippen molar-refractivity contribution in [2.45, 2.75) is 26.6 Å². The molecule has 1 saturated heterocycles. The summed E-state index contributed by atoms with van der Waals surface area (Å²) in [6.07, 6.45) is 3.07. The van der Waals surface area contributed by atoms with Crippen LogP contribution in [0.5, 0.6) is 6.01 Å². The summed E-state index contributed by atoms with van der Waals surface area (Å²) < 4.78 is 36.0. The molecule has 1 aliphatic rings. The van der Waals surface area contributed by atoms with E-state index in [-0.39, 0.29) is 31.6 Å². The molecule has 1 N–H and O–H groups in total. The van der Waals surface area contributed by atoms with Gasteiger partial charge in [0, 0.05) is 11.8 Å². The Morgan fingerprint density at radius 3 is 2.69 bits per heavy atom. The molecule has 0 spiro atoms. The van der Waals surface area contributed by atoms with E-state index in [0.29, 0.717) is 35.1 Å². The summed E-state index contributed by atoms with van der Waals surface area (Å²) in [5.41, 5.74) is 1.37. The van der Waals surface area contributed by atoms with Crippen LogP contribution < -0.4 is 4.74 Å². The number of hydrogen-bond donors (Lipinski definition) is 1. The smallest absolute Gasteiger partial charge is 0.316 e. The molecule has 3 aromatic rings. The SMILES string of the molecule is C=CCOC(=O)C1(C)COC(c2nc(-c3ccc(F)cc3)c(-c3ccnc(OCCC)n3)[nH]2)OC1. The lowest BCUT2D eigenvalue weighted by Crippen LogP contribution is -2.43. The third-order valence-corrected chi connectivity index (χ3v) is 5.32. The molecule has 10 heteroatoms. The average molecular weight is 483 g/mol. The first kappa shape index (κ1) is 24.5. The zero-order valence-electron chi connectivity index (χ0n) is 19.6. The summed E-state index contributed by atoms with van der Waals surface area (Å²) in [6, 6.07) is 7.93. The van der Waals surface area contributed by atoms with Crippen LogP contribution in [0.25, 0.3) is 22.6 Å². The fourth-order valence-corrected chi connectivity index (χ4v) is 3.44. The monoisotopic (exact) mass is 482 g/mol. The Bertz CT molecular complexity index is 1170. The van der Waals surface area contributed by atoms with Crippen molar-refractivity contribution in [1.29, 1.82) is 0 Å². The average Bonchev–Trinajstić information content (AvgIpc) is 3.32. The quantitative estimate of drug-likeness (QED) is 0.356. The number of carbonyl (C=O) groups excluding carboxylic acids is 1. The number of benzene rings is 1. The van der Waals surface area contributed by atoms with Crippen LogP contribution in [-0.2, 0) is 19.0 Å². The maximum Gasteiger partial charge on any atom is 0.316 e. The molecule has 0 saturated carbocycles. The number of esters is 1. The second kappa shape index (κ2) is 10.7. The molecule has 0 aliphatic carbocycles. The predicted octanol–water partition coefficient (Wildman–Crippen LogP) is 4.24. The topological polar surface area (TPSA) is 108 Å². The van der Waals surface area contributed by atoms with Gasteiger partial charge >= 0.3 is 12.0 Å². The molecular formula is C25H27FN4O5. The fraction of sp³-hybridized carbons (Fsp3) is 0.360. The van der Waals surface area contributed by atoms with Crippen LogP contribution in [-0.4, -0.2) is 52.3 Å². The summed E-state index contributed by atoms with van der Waals surface area (Å²) in [4.78, 5) is 28.9. The predicted molar refractivity (Wildman–Crippen MR) is 125 cm³/mol. The van der Waals surface area contributed by atoms with Gasteiger partial charge in [-0.1, -0.05) is 19.6 Å². The van der Waals surface area contributed by atoms with Crippen LogP contribution in [0, 0.1) is 11.2 Å². The highest BCUT2D eigenvalue weighted by molar-refractivity contribution is 5.77. The molecule has 1 aliphatic heterocycles. The molecule has 0 atom stereocenters. The first-order valence-electron chi connectivity index (χ1n) is 11.3. The van der Waals surface area contributed by atoms with Gasteiger partial charge in [-0.3, -0.25) is 4.79 Å². The summed E-state index contributed by atoms with van der Waals surface area (Å²) in [6.45, 7) is 8.02. The molecule has 9 nitrogen and oxygen atoms in total. The van der Waals surface area contributed by atoms with Gasteiger partial charge in [-0.2, -0.15) is 4.98 Å². The summed E-state index contributed by atoms with van der Waals surface area (Å²) in [5.74, 6) is -0.399. The standard InChI is InChI=1S/C25H27FN4O5/c1-4-12-32-23(31)25(3)14-34-22(35-15-25)21-29-19(16-6-8-17(26)9-7-16)20(30-21)18-10-11-27-24(28-18)33-13-5-2/h4,6-11,22H,1,5,12-15H2,2-3H3,(H,29,30). The number of halogens is 1. The van der Waals surface area contributed by atoms with Crippen LogP contribution in [0.2, 0.25) is 0 Å². The van der Waals surface area contributed by atoms with Crippen molar-refractivity contribution in [3.63, 3.8) is 0 Å². The Balaban J connectivity index is 1.63. The van der Waals surface area contributed by atoms with Crippen molar-refractivity contribution >= 4 is 5.97 Å². The molecule has 0 unspecified atom stereocenters. The lowest BCUT2D eigenvalue weighted by Gasteiger charge is -2.34. The van der Waals surface area contributed by atoms with Crippen molar-refractivity contribution in [3.05, 3.63) is 60.8 Å². The minimum atomic E-state index is -0.951. The van der Waals surface area contributed by atoms with Gasteiger partial charge in [-0.15, -0.1) is 0 Å². The highest BCUT2D eigenvalue weighted by Crippen LogP contribution is 2.36. The number of nitrogens with one attached hydrogen (secondary N) is 1. The third kappa shape index (κ3) is 5.55. The van der Waals surface area contributed by atoms with Gasteiger partial charge in [-0.05, 0) is 43.7 Å². The molecule has 35 heavy (non-hydrogen) atoms. The van der Waals surface area contributed by atoms with Gasteiger partial charge in [-0.25, -0.2) is 14.4 Å². The molecular weight excluding hydrogens is 455 g/mol. The van der Waals surface area contributed by atoms with E-state index in [2.05, 4.69) is 26.5 Å². The molecule has 2 aromatic heterocycles. The van der Waals surface area contributed by atoms with Gasteiger partial charge in [0.15, 0.2) is 5.82 Å². The number of hydrogen-bond acceptors (Lipinski definition) is 8. The van der Waals surface area contributed by atoms with Gasteiger partial charge in [0.05, 0.1) is 36.9 Å². The van der Waals surface area contributed by atoms with Gasteiger partial charge in [0.2, 0.25) is 6.29 Å². The van der Waals surface area contributed by atoms with E-state index in [4.69, 9.17) is 18.9 Å². The van der Waals surface area contributed by atoms with E-state index in [1.165, 1.54) is 18.2 Å². The molecule has 0 bridgehead atoms. The molecule has 4 rings (SSSR count). The molecule has 1 aromatic carbocycles. The Kier molecular flexibility index (Phi) is 7.52. The van der Waals surface area contributed by atoms with Crippen molar-refractivity contribution < 1.29 is 28.1 Å². The van der Waals surface area contributed by atoms with E-state index < -0.39 is 17.7 Å². The van der Waals surface area contributed by atoms with Crippen molar-refractivity contribution in [1.82, 2.24) is 19.9 Å². The molecule has 0 radical (unpaired) electrons. The van der Waals surface area contributed by atoms with E-state index in [1.807, 2.05) is 6.92 Å². The number of aromatic amines is 1. The van der Waals surface area contributed by atoms with Crippen LogP contribution >= 0.6 is 0 Å². The van der Waals surface area contributed by atoms with Gasteiger partial charge in [0.1, 0.15) is 17.8 Å². The summed E-state index contributed by atoms with van der Waals surface area (Å²) >= 11 is 0. The third-order valence-electron chi connectivity index (χ3n) is 5.32. The lowest BCUT2D eigenvalue weighted by molar-refractivity contribution is -0.238. The molecule has 1 fully saturated rings. The number of rotatable bonds is 9. The fourth-order valence-electron chi connectivity index (χ4n) is 3.44.